The number of likely N-dealkylation sites (N-methyl/N-ethyl adjacent to an activating group) is 1. The van der Waals surface area contributed by atoms with Gasteiger partial charge in [-0.05, 0) is 31.5 Å². The molecule has 1 fully saturated rings. The van der Waals surface area contributed by atoms with Crippen molar-refractivity contribution >= 4 is 29.9 Å². The van der Waals surface area contributed by atoms with E-state index in [1.54, 1.807) is 7.11 Å². The Morgan fingerprint density at radius 2 is 2.08 bits per heavy atom. The lowest BCUT2D eigenvalue weighted by Crippen LogP contribution is -2.45. The Morgan fingerprint density at radius 3 is 2.71 bits per heavy atom. The van der Waals surface area contributed by atoms with E-state index in [1.807, 2.05) is 25.2 Å². The number of aliphatic imine (C=N–C) groups is 1. The largest absolute Gasteiger partial charge is 0.375 e. The number of hydrogen-bond acceptors (Lipinski definition) is 3. The van der Waals surface area contributed by atoms with Gasteiger partial charge in [-0.3, -0.25) is 9.89 Å². The van der Waals surface area contributed by atoms with Crippen molar-refractivity contribution in [3.63, 3.8) is 0 Å². The van der Waals surface area contributed by atoms with Crippen LogP contribution in [0.2, 0.25) is 0 Å². The molecule has 2 atom stereocenters. The lowest BCUT2D eigenvalue weighted by Gasteiger charge is -2.24. The molecule has 0 radical (unpaired) electrons. The van der Waals surface area contributed by atoms with Gasteiger partial charge in [-0.1, -0.05) is 37.3 Å². The highest BCUT2D eigenvalue weighted by Crippen LogP contribution is 2.16. The van der Waals surface area contributed by atoms with E-state index >= 15 is 0 Å². The Kier molecular flexibility index (Phi) is 10.3. The van der Waals surface area contributed by atoms with Crippen LogP contribution in [0.5, 0.6) is 0 Å². The maximum atomic E-state index is 5.59. The van der Waals surface area contributed by atoms with Crippen LogP contribution < -0.4 is 10.6 Å². The Hall–Kier alpha value is -0.860. The average Bonchev–Trinajstić information content (AvgIpc) is 3.06. The third-order valence-electron chi connectivity index (χ3n) is 4.54. The molecule has 0 amide bonds. The quantitative estimate of drug-likeness (QED) is 0.384. The summed E-state index contributed by atoms with van der Waals surface area (Å²) in [4.78, 5) is 6.85. The molecule has 136 valence electrons. The molecule has 1 aromatic carbocycles. The summed E-state index contributed by atoms with van der Waals surface area (Å²) in [6, 6.07) is 10.9. The van der Waals surface area contributed by atoms with Gasteiger partial charge in [0.1, 0.15) is 0 Å². The molecule has 1 aromatic rings. The number of likely N-dealkylation sites (tertiary alicyclic amines) is 1. The molecule has 0 saturated carbocycles. The van der Waals surface area contributed by atoms with Crippen LogP contribution >= 0.6 is 24.0 Å². The minimum Gasteiger partial charge on any atom is -0.375 e. The van der Waals surface area contributed by atoms with Crippen LogP contribution in [0.3, 0.4) is 0 Å². The lowest BCUT2D eigenvalue weighted by molar-refractivity contribution is 0.106. The van der Waals surface area contributed by atoms with E-state index in [-0.39, 0.29) is 30.1 Å². The van der Waals surface area contributed by atoms with Crippen LogP contribution in [-0.2, 0) is 4.74 Å². The van der Waals surface area contributed by atoms with Crippen molar-refractivity contribution in [2.45, 2.75) is 31.9 Å². The van der Waals surface area contributed by atoms with Gasteiger partial charge in [-0.15, -0.1) is 24.0 Å². The summed E-state index contributed by atoms with van der Waals surface area (Å²) in [6.07, 6.45) is 2.59. The van der Waals surface area contributed by atoms with Gasteiger partial charge in [0.05, 0.1) is 6.10 Å². The number of guanidine groups is 1. The number of methoxy groups -OCH3 is 1. The first-order chi connectivity index (χ1) is 11.3. The first-order valence-corrected chi connectivity index (χ1v) is 8.54. The molecular formula is C18H31IN4O. The zero-order valence-electron chi connectivity index (χ0n) is 15.0. The normalized spacial score (nSPS) is 19.6. The van der Waals surface area contributed by atoms with Crippen LogP contribution in [-0.4, -0.2) is 57.2 Å². The molecule has 0 aliphatic carbocycles. The van der Waals surface area contributed by atoms with Crippen molar-refractivity contribution < 1.29 is 4.74 Å². The van der Waals surface area contributed by atoms with Crippen LogP contribution in [0.15, 0.2) is 35.3 Å². The minimum absolute atomic E-state index is 0. The van der Waals surface area contributed by atoms with Gasteiger partial charge in [-0.25, -0.2) is 0 Å². The first-order valence-electron chi connectivity index (χ1n) is 8.54. The molecule has 1 heterocycles. The van der Waals surface area contributed by atoms with Crippen LogP contribution in [0, 0.1) is 0 Å². The predicted molar refractivity (Wildman–Crippen MR) is 111 cm³/mol. The van der Waals surface area contributed by atoms with Crippen molar-refractivity contribution in [3.05, 3.63) is 35.9 Å². The van der Waals surface area contributed by atoms with Gasteiger partial charge in [-0.2, -0.15) is 0 Å². The van der Waals surface area contributed by atoms with Gasteiger partial charge in [0.2, 0.25) is 0 Å². The Bertz CT molecular complexity index is 483. The third kappa shape index (κ3) is 6.22. The summed E-state index contributed by atoms with van der Waals surface area (Å²) in [5.74, 6) is 0.839. The summed E-state index contributed by atoms with van der Waals surface area (Å²) < 4.78 is 5.59. The molecule has 2 unspecified atom stereocenters. The number of halogens is 1. The highest BCUT2D eigenvalue weighted by Gasteiger charge is 2.22. The molecule has 0 aromatic heterocycles. The van der Waals surface area contributed by atoms with Gasteiger partial charge in [0.25, 0.3) is 0 Å². The summed E-state index contributed by atoms with van der Waals surface area (Å²) in [6.45, 7) is 6.21. The summed E-state index contributed by atoms with van der Waals surface area (Å²) >= 11 is 0. The predicted octanol–water partition coefficient (Wildman–Crippen LogP) is 2.64. The highest BCUT2D eigenvalue weighted by molar-refractivity contribution is 14.0. The summed E-state index contributed by atoms with van der Waals surface area (Å²) in [7, 11) is 3.55. The minimum atomic E-state index is 0. The van der Waals surface area contributed by atoms with Crippen molar-refractivity contribution in [2.24, 2.45) is 4.99 Å². The zero-order valence-corrected chi connectivity index (χ0v) is 17.3. The maximum absolute atomic E-state index is 5.59. The Balaban J connectivity index is 0.00000288. The topological polar surface area (TPSA) is 48.9 Å². The van der Waals surface area contributed by atoms with E-state index in [0.29, 0.717) is 12.6 Å². The number of hydrogen-bond donors (Lipinski definition) is 2. The number of nitrogens with one attached hydrogen (secondary N) is 2. The van der Waals surface area contributed by atoms with Gasteiger partial charge < -0.3 is 15.4 Å². The monoisotopic (exact) mass is 446 g/mol. The van der Waals surface area contributed by atoms with Crippen molar-refractivity contribution in [2.75, 3.05) is 40.3 Å². The standard InChI is InChI=1S/C18H30N4O.HI/c1-4-22-12-8-11-16(22)13-20-18(19-2)21-14-17(23-3)15-9-6-5-7-10-15;/h5-7,9-10,16-17H,4,8,11-14H2,1-3H3,(H2,19,20,21);1H. The number of nitrogens with zero attached hydrogens (tertiary/aromatic N) is 2. The van der Waals surface area contributed by atoms with E-state index in [9.17, 15) is 0 Å². The Labute approximate surface area is 163 Å². The summed E-state index contributed by atoms with van der Waals surface area (Å²) in [5, 5.41) is 6.82. The second-order valence-corrected chi connectivity index (χ2v) is 5.89. The second kappa shape index (κ2) is 11.7. The van der Waals surface area contributed by atoms with E-state index in [1.165, 1.54) is 24.9 Å². The maximum Gasteiger partial charge on any atom is 0.191 e. The number of ether oxygens (including phenoxy) is 1. The smallest absolute Gasteiger partial charge is 0.191 e. The van der Waals surface area contributed by atoms with E-state index in [0.717, 1.165) is 19.0 Å². The van der Waals surface area contributed by atoms with Crippen LogP contribution in [0.1, 0.15) is 31.4 Å². The van der Waals surface area contributed by atoms with Crippen molar-refractivity contribution in [1.82, 2.24) is 15.5 Å². The second-order valence-electron chi connectivity index (χ2n) is 5.89. The molecule has 0 bridgehead atoms. The molecule has 1 aliphatic rings. The van der Waals surface area contributed by atoms with E-state index < -0.39 is 0 Å². The average molecular weight is 446 g/mol. The summed E-state index contributed by atoms with van der Waals surface area (Å²) in [5.41, 5.74) is 1.17. The van der Waals surface area contributed by atoms with Crippen LogP contribution in [0.25, 0.3) is 0 Å². The Morgan fingerprint density at radius 1 is 1.33 bits per heavy atom. The zero-order chi connectivity index (χ0) is 16.5. The fraction of sp³-hybridized carbons (Fsp3) is 0.611. The van der Waals surface area contributed by atoms with Crippen LogP contribution in [0.4, 0.5) is 0 Å². The SMILES string of the molecule is CCN1CCCC1CNC(=NC)NCC(OC)c1ccccc1.I. The molecule has 1 saturated heterocycles. The first kappa shape index (κ1) is 21.2. The van der Waals surface area contributed by atoms with Crippen molar-refractivity contribution in [1.29, 1.82) is 0 Å². The number of rotatable bonds is 7. The van der Waals surface area contributed by atoms with E-state index in [4.69, 9.17) is 4.74 Å². The third-order valence-corrected chi connectivity index (χ3v) is 4.54. The molecule has 0 spiro atoms. The highest BCUT2D eigenvalue weighted by atomic mass is 127. The molecule has 2 N–H and O–H groups in total. The van der Waals surface area contributed by atoms with Gasteiger partial charge in [0, 0.05) is 33.3 Å². The molecule has 24 heavy (non-hydrogen) atoms. The van der Waals surface area contributed by atoms with E-state index in [2.05, 4.69) is 39.6 Å². The molecular weight excluding hydrogens is 415 g/mol. The van der Waals surface area contributed by atoms with Crippen molar-refractivity contribution in [3.8, 4) is 0 Å². The molecule has 1 aliphatic heterocycles. The van der Waals surface area contributed by atoms with Gasteiger partial charge in [0.15, 0.2) is 5.96 Å². The number of benzene rings is 1. The molecule has 6 heteroatoms. The fourth-order valence-corrected chi connectivity index (χ4v) is 3.17. The fourth-order valence-electron chi connectivity index (χ4n) is 3.17. The molecule has 5 nitrogen and oxygen atoms in total. The molecule has 2 rings (SSSR count). The lowest BCUT2D eigenvalue weighted by atomic mass is 10.1. The van der Waals surface area contributed by atoms with Gasteiger partial charge >= 0.3 is 0 Å².